The summed E-state index contributed by atoms with van der Waals surface area (Å²) in [5.41, 5.74) is 16.4. The maximum Gasteiger partial charge on any atom is 0.0538 e. The SMILES string of the molecule is C1=CC2c3ccc(N(c4ccc(-c5ccccc5)cc4)c4ccc(-c5ccccc5)cc4)cc3C3(c4ccccc4-c4ccccc43)C2C=C1. The number of hydrogen-bond acceptors (Lipinski definition) is 1. The Morgan fingerprint density at radius 3 is 1.40 bits per heavy atom. The highest BCUT2D eigenvalue weighted by Gasteiger charge is 2.57. The van der Waals surface area contributed by atoms with Gasteiger partial charge in [0, 0.05) is 28.9 Å². The number of anilines is 3. The second-order valence-corrected chi connectivity index (χ2v) is 13.7. The predicted molar refractivity (Wildman–Crippen MR) is 208 cm³/mol. The minimum atomic E-state index is -0.273. The van der Waals surface area contributed by atoms with E-state index in [1.54, 1.807) is 0 Å². The topological polar surface area (TPSA) is 3.24 Å². The molecule has 0 fully saturated rings. The van der Waals surface area contributed by atoms with Crippen LogP contribution in [-0.4, -0.2) is 0 Å². The van der Waals surface area contributed by atoms with Crippen LogP contribution in [0.4, 0.5) is 17.1 Å². The maximum atomic E-state index is 2.50. The normalized spacial score (nSPS) is 17.2. The monoisotopic (exact) mass is 637 g/mol. The minimum Gasteiger partial charge on any atom is -0.310 e. The van der Waals surface area contributed by atoms with Crippen LogP contribution in [0.1, 0.15) is 28.2 Å². The summed E-state index contributed by atoms with van der Waals surface area (Å²) in [5.74, 6) is 0.610. The van der Waals surface area contributed by atoms with Crippen molar-refractivity contribution >= 4 is 17.1 Å². The second-order valence-electron chi connectivity index (χ2n) is 13.7. The second kappa shape index (κ2) is 11.5. The third kappa shape index (κ3) is 4.27. The lowest BCUT2D eigenvalue weighted by atomic mass is 9.65. The molecule has 10 rings (SSSR count). The first-order chi connectivity index (χ1) is 24.8. The van der Waals surface area contributed by atoms with Crippen LogP contribution in [0.5, 0.6) is 0 Å². The molecule has 7 aromatic carbocycles. The number of allylic oxidation sites excluding steroid dienone is 4. The lowest BCUT2D eigenvalue weighted by Crippen LogP contribution is -2.33. The molecular formula is C49H35N. The van der Waals surface area contributed by atoms with Gasteiger partial charge in [0.2, 0.25) is 0 Å². The van der Waals surface area contributed by atoms with Crippen molar-refractivity contribution in [2.75, 3.05) is 4.90 Å². The van der Waals surface area contributed by atoms with Crippen LogP contribution < -0.4 is 4.90 Å². The molecule has 0 heterocycles. The fourth-order valence-electron chi connectivity index (χ4n) is 9.05. The summed E-state index contributed by atoms with van der Waals surface area (Å²) in [7, 11) is 0. The highest BCUT2D eigenvalue weighted by molar-refractivity contribution is 5.87. The molecule has 0 saturated carbocycles. The maximum absolute atomic E-state index is 2.50. The predicted octanol–water partition coefficient (Wildman–Crippen LogP) is 12.6. The van der Waals surface area contributed by atoms with Crippen molar-refractivity contribution in [3.05, 3.63) is 222 Å². The third-order valence-electron chi connectivity index (χ3n) is 11.2. The summed E-state index contributed by atoms with van der Waals surface area (Å²) in [4.78, 5) is 2.43. The molecule has 1 nitrogen and oxygen atoms in total. The molecule has 3 aliphatic rings. The number of fused-ring (bicyclic) bond motifs is 10. The van der Waals surface area contributed by atoms with Gasteiger partial charge in [-0.1, -0.05) is 164 Å². The largest absolute Gasteiger partial charge is 0.310 e. The van der Waals surface area contributed by atoms with Gasteiger partial charge in [0.25, 0.3) is 0 Å². The van der Waals surface area contributed by atoms with Gasteiger partial charge in [0.1, 0.15) is 0 Å². The number of nitrogens with zero attached hydrogens (tertiary/aromatic N) is 1. The molecule has 1 spiro atoms. The molecule has 2 atom stereocenters. The molecule has 50 heavy (non-hydrogen) atoms. The van der Waals surface area contributed by atoms with Crippen molar-refractivity contribution in [2.45, 2.75) is 11.3 Å². The lowest BCUT2D eigenvalue weighted by molar-refractivity contribution is 0.465. The van der Waals surface area contributed by atoms with E-state index in [0.717, 1.165) is 17.1 Å². The smallest absolute Gasteiger partial charge is 0.0538 e. The number of rotatable bonds is 5. The number of hydrogen-bond donors (Lipinski definition) is 0. The zero-order valence-electron chi connectivity index (χ0n) is 27.7. The lowest BCUT2D eigenvalue weighted by Gasteiger charge is -2.36. The van der Waals surface area contributed by atoms with E-state index >= 15 is 0 Å². The van der Waals surface area contributed by atoms with Crippen molar-refractivity contribution < 1.29 is 0 Å². The van der Waals surface area contributed by atoms with E-state index in [2.05, 4.69) is 205 Å². The molecule has 0 bridgehead atoms. The molecule has 0 aliphatic heterocycles. The van der Waals surface area contributed by atoms with E-state index in [9.17, 15) is 0 Å². The van der Waals surface area contributed by atoms with Gasteiger partial charge < -0.3 is 4.90 Å². The molecule has 0 amide bonds. The Labute approximate surface area is 294 Å². The molecule has 0 aromatic heterocycles. The van der Waals surface area contributed by atoms with E-state index in [1.807, 2.05) is 0 Å². The van der Waals surface area contributed by atoms with E-state index in [0.29, 0.717) is 11.8 Å². The Bertz CT molecular complexity index is 2290. The average molecular weight is 638 g/mol. The van der Waals surface area contributed by atoms with Gasteiger partial charge in [-0.25, -0.2) is 0 Å². The average Bonchev–Trinajstić information content (AvgIpc) is 3.66. The Morgan fingerprint density at radius 1 is 0.380 bits per heavy atom. The van der Waals surface area contributed by atoms with Gasteiger partial charge in [0.05, 0.1) is 5.41 Å². The van der Waals surface area contributed by atoms with Gasteiger partial charge in [-0.15, -0.1) is 0 Å². The summed E-state index contributed by atoms with van der Waals surface area (Å²) in [5, 5.41) is 0. The summed E-state index contributed by atoms with van der Waals surface area (Å²) >= 11 is 0. The Balaban J connectivity index is 1.17. The first-order valence-corrected chi connectivity index (χ1v) is 17.6. The van der Waals surface area contributed by atoms with Crippen LogP contribution in [0, 0.1) is 5.92 Å². The standard InChI is InChI=1S/C49H35N/c1-3-13-34(14-4-1)36-23-27-38(28-24-36)50(39-29-25-37(26-30-39)35-15-5-2-6-16-35)40-31-32-44-43-19-9-12-22-47(43)49(48(44)33-40)45-20-10-7-17-41(45)42-18-8-11-21-46(42)49/h1-33,43,47H. The first-order valence-electron chi connectivity index (χ1n) is 17.6. The number of benzene rings is 7. The molecule has 2 unspecified atom stereocenters. The van der Waals surface area contributed by atoms with Crippen LogP contribution in [0.2, 0.25) is 0 Å². The summed E-state index contributed by atoms with van der Waals surface area (Å²) in [6, 6.07) is 64.8. The van der Waals surface area contributed by atoms with E-state index in [4.69, 9.17) is 0 Å². The van der Waals surface area contributed by atoms with Gasteiger partial charge in [0.15, 0.2) is 0 Å². The fourth-order valence-corrected chi connectivity index (χ4v) is 9.05. The van der Waals surface area contributed by atoms with Gasteiger partial charge in [-0.05, 0) is 92.0 Å². The third-order valence-corrected chi connectivity index (χ3v) is 11.2. The Hall–Kier alpha value is -6.18. The molecule has 1 heteroatoms. The molecule has 0 saturated heterocycles. The zero-order valence-corrected chi connectivity index (χ0v) is 27.7. The van der Waals surface area contributed by atoms with E-state index in [-0.39, 0.29) is 5.41 Å². The molecule has 236 valence electrons. The highest BCUT2D eigenvalue weighted by Crippen LogP contribution is 2.65. The molecule has 7 aromatic rings. The van der Waals surface area contributed by atoms with Crippen molar-refractivity contribution in [1.82, 2.24) is 0 Å². The van der Waals surface area contributed by atoms with Gasteiger partial charge in [-0.2, -0.15) is 0 Å². The van der Waals surface area contributed by atoms with Crippen LogP contribution in [0.25, 0.3) is 33.4 Å². The minimum absolute atomic E-state index is 0.273. The van der Waals surface area contributed by atoms with Gasteiger partial charge >= 0.3 is 0 Å². The van der Waals surface area contributed by atoms with Crippen molar-refractivity contribution in [3.8, 4) is 33.4 Å². The fraction of sp³-hybridized carbons (Fsp3) is 0.0612. The van der Waals surface area contributed by atoms with E-state index in [1.165, 1.54) is 55.6 Å². The van der Waals surface area contributed by atoms with Crippen molar-refractivity contribution in [3.63, 3.8) is 0 Å². The van der Waals surface area contributed by atoms with Gasteiger partial charge in [-0.3, -0.25) is 0 Å². The Kier molecular flexibility index (Phi) is 6.60. The van der Waals surface area contributed by atoms with Crippen LogP contribution in [0.3, 0.4) is 0 Å². The zero-order chi connectivity index (χ0) is 33.1. The Morgan fingerprint density at radius 2 is 0.840 bits per heavy atom. The highest BCUT2D eigenvalue weighted by atomic mass is 15.1. The van der Waals surface area contributed by atoms with Crippen LogP contribution >= 0.6 is 0 Å². The van der Waals surface area contributed by atoms with Crippen LogP contribution in [-0.2, 0) is 5.41 Å². The van der Waals surface area contributed by atoms with Crippen molar-refractivity contribution in [2.24, 2.45) is 5.92 Å². The molecule has 3 aliphatic carbocycles. The van der Waals surface area contributed by atoms with Crippen LogP contribution in [0.15, 0.2) is 200 Å². The molecular weight excluding hydrogens is 603 g/mol. The molecule has 0 N–H and O–H groups in total. The quantitative estimate of drug-likeness (QED) is 0.182. The summed E-state index contributed by atoms with van der Waals surface area (Å²) < 4.78 is 0. The first kappa shape index (κ1) is 28.8. The summed E-state index contributed by atoms with van der Waals surface area (Å²) in [6.45, 7) is 0. The summed E-state index contributed by atoms with van der Waals surface area (Å²) in [6.07, 6.45) is 9.38. The van der Waals surface area contributed by atoms with E-state index < -0.39 is 0 Å². The van der Waals surface area contributed by atoms with Crippen molar-refractivity contribution in [1.29, 1.82) is 0 Å². The molecule has 0 radical (unpaired) electrons.